The van der Waals surface area contributed by atoms with E-state index in [-0.39, 0.29) is 0 Å². The van der Waals surface area contributed by atoms with Crippen molar-refractivity contribution >= 4 is 11.3 Å². The Morgan fingerprint density at radius 3 is 2.67 bits per heavy atom. The van der Waals surface area contributed by atoms with Crippen molar-refractivity contribution in [2.75, 3.05) is 13.7 Å². The monoisotopic (exact) mass is 302 g/mol. The van der Waals surface area contributed by atoms with Gasteiger partial charge in [-0.15, -0.1) is 21.5 Å². The molecule has 2 aromatic heterocycles. The molecular weight excluding hydrogens is 288 g/mol. The highest BCUT2D eigenvalue weighted by atomic mass is 32.1. The Kier molecular flexibility index (Phi) is 4.11. The summed E-state index contributed by atoms with van der Waals surface area (Å²) in [5.41, 5.74) is 0. The summed E-state index contributed by atoms with van der Waals surface area (Å²) in [6, 6.07) is 11.4. The average molecular weight is 302 g/mol. The van der Waals surface area contributed by atoms with Crippen LogP contribution in [0, 0.1) is 0 Å². The molecule has 0 spiro atoms. The molecule has 0 saturated carbocycles. The molecular formula is C14H14N4O2S. The van der Waals surface area contributed by atoms with Gasteiger partial charge in [-0.2, -0.15) is 4.80 Å². The largest absolute Gasteiger partial charge is 0.497 e. The van der Waals surface area contributed by atoms with Gasteiger partial charge in [-0.05, 0) is 40.9 Å². The highest BCUT2D eigenvalue weighted by Crippen LogP contribution is 2.19. The Balaban J connectivity index is 1.53. The third kappa shape index (κ3) is 3.38. The van der Waals surface area contributed by atoms with E-state index in [1.54, 1.807) is 23.2 Å². The molecule has 3 aromatic rings. The number of tetrazole rings is 1. The fourth-order valence-electron chi connectivity index (χ4n) is 1.76. The highest BCUT2D eigenvalue weighted by molar-refractivity contribution is 7.13. The predicted molar refractivity (Wildman–Crippen MR) is 79.6 cm³/mol. The molecule has 0 aliphatic heterocycles. The van der Waals surface area contributed by atoms with Crippen molar-refractivity contribution < 1.29 is 9.47 Å². The van der Waals surface area contributed by atoms with Crippen molar-refractivity contribution in [1.29, 1.82) is 0 Å². The van der Waals surface area contributed by atoms with Crippen LogP contribution in [-0.2, 0) is 6.54 Å². The van der Waals surface area contributed by atoms with E-state index in [9.17, 15) is 0 Å². The van der Waals surface area contributed by atoms with E-state index in [1.807, 2.05) is 41.8 Å². The number of hydrogen-bond donors (Lipinski definition) is 0. The Morgan fingerprint density at radius 1 is 1.14 bits per heavy atom. The lowest BCUT2D eigenvalue weighted by Crippen LogP contribution is -2.11. The standard InChI is InChI=1S/C14H14N4O2S/c1-19-11-4-6-12(7-5-11)20-9-8-18-16-14(15-17-18)13-3-2-10-21-13/h2-7,10H,8-9H2,1H3. The predicted octanol–water partition coefficient (Wildman–Crippen LogP) is 2.49. The Morgan fingerprint density at radius 2 is 1.95 bits per heavy atom. The zero-order chi connectivity index (χ0) is 14.5. The van der Waals surface area contributed by atoms with Crippen LogP contribution < -0.4 is 9.47 Å². The highest BCUT2D eigenvalue weighted by Gasteiger charge is 2.06. The molecule has 0 radical (unpaired) electrons. The lowest BCUT2D eigenvalue weighted by atomic mass is 10.3. The molecule has 7 heteroatoms. The summed E-state index contributed by atoms with van der Waals surface area (Å²) in [5.74, 6) is 2.24. The van der Waals surface area contributed by atoms with E-state index < -0.39 is 0 Å². The van der Waals surface area contributed by atoms with E-state index in [0.29, 0.717) is 19.0 Å². The maximum Gasteiger partial charge on any atom is 0.214 e. The topological polar surface area (TPSA) is 62.1 Å². The summed E-state index contributed by atoms with van der Waals surface area (Å²) < 4.78 is 10.7. The van der Waals surface area contributed by atoms with Crippen LogP contribution in [0.1, 0.15) is 0 Å². The summed E-state index contributed by atoms with van der Waals surface area (Å²) in [6.07, 6.45) is 0. The van der Waals surface area contributed by atoms with Gasteiger partial charge in [0.25, 0.3) is 0 Å². The number of aromatic nitrogens is 4. The fraction of sp³-hybridized carbons (Fsp3) is 0.214. The SMILES string of the molecule is COc1ccc(OCCn2nnc(-c3cccs3)n2)cc1. The van der Waals surface area contributed by atoms with Gasteiger partial charge in [0.15, 0.2) is 0 Å². The van der Waals surface area contributed by atoms with E-state index in [1.165, 1.54) is 0 Å². The van der Waals surface area contributed by atoms with Crippen molar-refractivity contribution in [2.24, 2.45) is 0 Å². The van der Waals surface area contributed by atoms with Gasteiger partial charge < -0.3 is 9.47 Å². The van der Waals surface area contributed by atoms with Crippen LogP contribution in [0.2, 0.25) is 0 Å². The van der Waals surface area contributed by atoms with Crippen LogP contribution in [0.4, 0.5) is 0 Å². The quantitative estimate of drug-likeness (QED) is 0.700. The molecule has 0 unspecified atom stereocenters. The zero-order valence-corrected chi connectivity index (χ0v) is 12.3. The van der Waals surface area contributed by atoms with Crippen molar-refractivity contribution in [1.82, 2.24) is 20.2 Å². The van der Waals surface area contributed by atoms with E-state index >= 15 is 0 Å². The smallest absolute Gasteiger partial charge is 0.214 e. The molecule has 0 aliphatic rings. The number of rotatable bonds is 6. The number of nitrogens with zero attached hydrogens (tertiary/aromatic N) is 4. The maximum absolute atomic E-state index is 5.63. The first-order valence-corrected chi connectivity index (χ1v) is 7.31. The summed E-state index contributed by atoms with van der Waals surface area (Å²) >= 11 is 1.59. The van der Waals surface area contributed by atoms with Crippen LogP contribution in [0.15, 0.2) is 41.8 Å². The van der Waals surface area contributed by atoms with E-state index in [2.05, 4.69) is 15.4 Å². The van der Waals surface area contributed by atoms with Crippen LogP contribution in [0.3, 0.4) is 0 Å². The Labute approximate surface area is 125 Å². The van der Waals surface area contributed by atoms with Crippen molar-refractivity contribution in [2.45, 2.75) is 6.54 Å². The Bertz CT molecular complexity index is 679. The van der Waals surface area contributed by atoms with Crippen molar-refractivity contribution in [3.8, 4) is 22.2 Å². The number of hydrogen-bond acceptors (Lipinski definition) is 6. The minimum absolute atomic E-state index is 0.479. The van der Waals surface area contributed by atoms with Crippen LogP contribution >= 0.6 is 11.3 Å². The van der Waals surface area contributed by atoms with E-state index in [4.69, 9.17) is 9.47 Å². The molecule has 0 aliphatic carbocycles. The summed E-state index contributed by atoms with van der Waals surface area (Å²) in [4.78, 5) is 2.55. The molecule has 0 bridgehead atoms. The molecule has 0 N–H and O–H groups in total. The molecule has 2 heterocycles. The molecule has 0 fully saturated rings. The lowest BCUT2D eigenvalue weighted by molar-refractivity contribution is 0.280. The van der Waals surface area contributed by atoms with Gasteiger partial charge >= 0.3 is 0 Å². The minimum Gasteiger partial charge on any atom is -0.497 e. The van der Waals surface area contributed by atoms with Gasteiger partial charge in [0.1, 0.15) is 18.1 Å². The normalized spacial score (nSPS) is 10.5. The third-order valence-corrected chi connectivity index (χ3v) is 3.68. The van der Waals surface area contributed by atoms with Crippen molar-refractivity contribution in [3.63, 3.8) is 0 Å². The zero-order valence-electron chi connectivity index (χ0n) is 11.5. The number of ether oxygens (including phenoxy) is 2. The number of benzene rings is 1. The van der Waals surface area contributed by atoms with Gasteiger partial charge in [-0.1, -0.05) is 6.07 Å². The second-order valence-electron chi connectivity index (χ2n) is 4.21. The molecule has 0 saturated heterocycles. The first-order chi connectivity index (χ1) is 10.3. The second kappa shape index (κ2) is 6.36. The van der Waals surface area contributed by atoms with Gasteiger partial charge in [0, 0.05) is 0 Å². The lowest BCUT2D eigenvalue weighted by Gasteiger charge is -2.06. The molecule has 0 amide bonds. The number of methoxy groups -OCH3 is 1. The number of thiophene rings is 1. The summed E-state index contributed by atoms with van der Waals surface area (Å²) in [5, 5.41) is 14.3. The van der Waals surface area contributed by atoms with Crippen LogP contribution in [0.25, 0.3) is 10.7 Å². The van der Waals surface area contributed by atoms with Gasteiger partial charge in [-0.25, -0.2) is 0 Å². The fourth-order valence-corrected chi connectivity index (χ4v) is 2.41. The second-order valence-corrected chi connectivity index (χ2v) is 5.16. The molecule has 0 atom stereocenters. The molecule has 108 valence electrons. The van der Waals surface area contributed by atoms with Crippen molar-refractivity contribution in [3.05, 3.63) is 41.8 Å². The first kappa shape index (κ1) is 13.6. The van der Waals surface area contributed by atoms with Crippen LogP contribution in [0.5, 0.6) is 11.5 Å². The summed E-state index contributed by atoms with van der Waals surface area (Å²) in [6.45, 7) is 1.02. The minimum atomic E-state index is 0.479. The van der Waals surface area contributed by atoms with Gasteiger partial charge in [0.05, 0.1) is 18.5 Å². The van der Waals surface area contributed by atoms with Gasteiger partial charge in [-0.3, -0.25) is 0 Å². The molecule has 21 heavy (non-hydrogen) atoms. The summed E-state index contributed by atoms with van der Waals surface area (Å²) in [7, 11) is 1.64. The first-order valence-electron chi connectivity index (χ1n) is 6.44. The molecule has 1 aromatic carbocycles. The Hall–Kier alpha value is -2.41. The maximum atomic E-state index is 5.63. The third-order valence-electron chi connectivity index (χ3n) is 2.81. The average Bonchev–Trinajstić information content (AvgIpc) is 3.19. The van der Waals surface area contributed by atoms with Gasteiger partial charge in [0.2, 0.25) is 5.82 Å². The van der Waals surface area contributed by atoms with Crippen LogP contribution in [-0.4, -0.2) is 33.9 Å². The molecule has 6 nitrogen and oxygen atoms in total. The van der Waals surface area contributed by atoms with E-state index in [0.717, 1.165) is 16.4 Å². The molecule has 3 rings (SSSR count).